The number of carbonyl (C=O) groups is 3. The molecule has 0 spiro atoms. The van der Waals surface area contributed by atoms with Gasteiger partial charge in [-0.25, -0.2) is 4.79 Å². The molecule has 0 unspecified atom stereocenters. The molecule has 0 aliphatic heterocycles. The topological polar surface area (TPSA) is 105 Å². The Morgan fingerprint density at radius 2 is 1.90 bits per heavy atom. The first kappa shape index (κ1) is 16.8. The maximum absolute atomic E-state index is 11.5. The zero-order valence-corrected chi connectivity index (χ0v) is 12.1. The van der Waals surface area contributed by atoms with Gasteiger partial charge in [0.05, 0.1) is 0 Å². The van der Waals surface area contributed by atoms with E-state index in [2.05, 4.69) is 10.6 Å². The fourth-order valence-corrected chi connectivity index (χ4v) is 1.60. The number of carbonyl (C=O) groups excluding carboxylic acids is 2. The maximum atomic E-state index is 11.5. The minimum Gasteiger partial charge on any atom is -0.483 e. The number of aromatic carboxylic acids is 1. The average molecular weight is 315 g/mol. The number of amides is 2. The van der Waals surface area contributed by atoms with Crippen molar-refractivity contribution in [2.75, 3.05) is 19.7 Å². The Morgan fingerprint density at radius 3 is 2.52 bits per heavy atom. The van der Waals surface area contributed by atoms with Gasteiger partial charge in [0.25, 0.3) is 5.91 Å². The van der Waals surface area contributed by atoms with Gasteiger partial charge in [-0.3, -0.25) is 9.59 Å². The van der Waals surface area contributed by atoms with Gasteiger partial charge in [0.1, 0.15) is 11.3 Å². The standard InChI is InChI=1S/C13H15ClN2O5/c1-8(17)15-4-5-16-12(18)7-21-11-3-2-9(14)6-10(11)13(19)20/h2-3,6H,4-5,7H2,1H3,(H,15,17)(H,16,18)(H,19,20). The van der Waals surface area contributed by atoms with Crippen LogP contribution in [0.25, 0.3) is 0 Å². The lowest BCUT2D eigenvalue weighted by atomic mass is 10.2. The van der Waals surface area contributed by atoms with Crippen molar-refractivity contribution in [3.8, 4) is 5.75 Å². The van der Waals surface area contributed by atoms with E-state index in [0.29, 0.717) is 6.54 Å². The number of hydrogen-bond acceptors (Lipinski definition) is 4. The van der Waals surface area contributed by atoms with Gasteiger partial charge in [-0.1, -0.05) is 11.6 Å². The fraction of sp³-hybridized carbons (Fsp3) is 0.308. The smallest absolute Gasteiger partial charge is 0.339 e. The van der Waals surface area contributed by atoms with Crippen LogP contribution in [-0.4, -0.2) is 42.6 Å². The molecule has 0 saturated heterocycles. The van der Waals surface area contributed by atoms with Crippen molar-refractivity contribution in [2.24, 2.45) is 0 Å². The van der Waals surface area contributed by atoms with Crippen molar-refractivity contribution in [1.82, 2.24) is 10.6 Å². The lowest BCUT2D eigenvalue weighted by Gasteiger charge is -2.10. The Hall–Kier alpha value is -2.28. The molecule has 2 amide bonds. The van der Waals surface area contributed by atoms with Crippen LogP contribution in [0, 0.1) is 0 Å². The number of ether oxygens (including phenoxy) is 1. The van der Waals surface area contributed by atoms with Crippen LogP contribution in [0.3, 0.4) is 0 Å². The summed E-state index contributed by atoms with van der Waals surface area (Å²) in [7, 11) is 0. The Morgan fingerprint density at radius 1 is 1.24 bits per heavy atom. The summed E-state index contributed by atoms with van der Waals surface area (Å²) in [5.74, 6) is -1.75. The van der Waals surface area contributed by atoms with E-state index in [4.69, 9.17) is 21.4 Å². The van der Waals surface area contributed by atoms with E-state index in [9.17, 15) is 14.4 Å². The molecule has 114 valence electrons. The molecule has 0 fully saturated rings. The number of benzene rings is 1. The van der Waals surface area contributed by atoms with Gasteiger partial charge in [-0.15, -0.1) is 0 Å². The molecule has 0 radical (unpaired) electrons. The van der Waals surface area contributed by atoms with Gasteiger partial charge in [0.2, 0.25) is 5.91 Å². The first-order valence-electron chi connectivity index (χ1n) is 6.07. The Labute approximate surface area is 126 Å². The lowest BCUT2D eigenvalue weighted by molar-refractivity contribution is -0.123. The third-order valence-corrected chi connectivity index (χ3v) is 2.59. The molecule has 0 aliphatic carbocycles. The van der Waals surface area contributed by atoms with Crippen LogP contribution in [0.4, 0.5) is 0 Å². The molecule has 8 heteroatoms. The summed E-state index contributed by atoms with van der Waals surface area (Å²) in [6.45, 7) is 1.61. The van der Waals surface area contributed by atoms with E-state index in [0.717, 1.165) is 0 Å². The Balaban J connectivity index is 2.46. The van der Waals surface area contributed by atoms with Gasteiger partial charge >= 0.3 is 5.97 Å². The van der Waals surface area contributed by atoms with Crippen LogP contribution in [-0.2, 0) is 9.59 Å². The van der Waals surface area contributed by atoms with Crippen molar-refractivity contribution in [3.63, 3.8) is 0 Å². The average Bonchev–Trinajstić information content (AvgIpc) is 2.41. The number of carboxylic acids is 1. The summed E-state index contributed by atoms with van der Waals surface area (Å²) in [5.41, 5.74) is -0.117. The van der Waals surface area contributed by atoms with Gasteiger partial charge < -0.3 is 20.5 Å². The Kier molecular flexibility index (Phi) is 6.48. The third-order valence-electron chi connectivity index (χ3n) is 2.35. The summed E-state index contributed by atoms with van der Waals surface area (Å²) < 4.78 is 5.15. The monoisotopic (exact) mass is 314 g/mol. The number of nitrogens with one attached hydrogen (secondary N) is 2. The van der Waals surface area contributed by atoms with E-state index in [1.807, 2.05) is 0 Å². The number of carboxylic acid groups (broad SMARTS) is 1. The molecule has 0 atom stereocenters. The second-order valence-corrected chi connectivity index (χ2v) is 4.50. The normalized spacial score (nSPS) is 9.81. The molecule has 0 saturated carbocycles. The highest BCUT2D eigenvalue weighted by Gasteiger charge is 2.13. The molecule has 1 aromatic carbocycles. The molecule has 1 aromatic rings. The van der Waals surface area contributed by atoms with Crippen molar-refractivity contribution < 1.29 is 24.2 Å². The fourth-order valence-electron chi connectivity index (χ4n) is 1.43. The molecule has 0 aliphatic rings. The number of hydrogen-bond donors (Lipinski definition) is 3. The predicted octanol–water partition coefficient (Wildman–Crippen LogP) is 0.669. The molecule has 21 heavy (non-hydrogen) atoms. The summed E-state index contributed by atoms with van der Waals surface area (Å²) >= 11 is 5.70. The molecular weight excluding hydrogens is 300 g/mol. The van der Waals surface area contributed by atoms with E-state index < -0.39 is 11.9 Å². The zero-order chi connectivity index (χ0) is 15.8. The van der Waals surface area contributed by atoms with Crippen LogP contribution in [0.5, 0.6) is 5.75 Å². The minimum atomic E-state index is -1.20. The second kappa shape index (κ2) is 8.11. The largest absolute Gasteiger partial charge is 0.483 e. The van der Waals surface area contributed by atoms with E-state index >= 15 is 0 Å². The summed E-state index contributed by atoms with van der Waals surface area (Å²) in [6, 6.07) is 4.10. The van der Waals surface area contributed by atoms with E-state index in [-0.39, 0.29) is 35.4 Å². The maximum Gasteiger partial charge on any atom is 0.339 e. The van der Waals surface area contributed by atoms with Crippen molar-refractivity contribution >= 4 is 29.4 Å². The molecule has 3 N–H and O–H groups in total. The molecule has 1 rings (SSSR count). The summed E-state index contributed by atoms with van der Waals surface area (Å²) in [5, 5.41) is 14.3. The molecule has 0 bridgehead atoms. The van der Waals surface area contributed by atoms with E-state index in [1.165, 1.54) is 25.1 Å². The van der Waals surface area contributed by atoms with Crippen LogP contribution in [0.2, 0.25) is 5.02 Å². The van der Waals surface area contributed by atoms with Crippen molar-refractivity contribution in [2.45, 2.75) is 6.92 Å². The highest BCUT2D eigenvalue weighted by molar-refractivity contribution is 6.31. The minimum absolute atomic E-state index is 0.0592. The zero-order valence-electron chi connectivity index (χ0n) is 11.3. The SMILES string of the molecule is CC(=O)NCCNC(=O)COc1ccc(Cl)cc1C(=O)O. The predicted molar refractivity (Wildman–Crippen MR) is 75.6 cm³/mol. The lowest BCUT2D eigenvalue weighted by Crippen LogP contribution is -2.36. The van der Waals surface area contributed by atoms with Crippen LogP contribution in [0.15, 0.2) is 18.2 Å². The highest BCUT2D eigenvalue weighted by atomic mass is 35.5. The quantitative estimate of drug-likeness (QED) is 0.642. The summed E-state index contributed by atoms with van der Waals surface area (Å²) in [6.07, 6.45) is 0. The van der Waals surface area contributed by atoms with Crippen LogP contribution >= 0.6 is 11.6 Å². The first-order chi connectivity index (χ1) is 9.90. The van der Waals surface area contributed by atoms with Gasteiger partial charge in [-0.2, -0.15) is 0 Å². The Bertz CT molecular complexity index is 547. The molecule has 0 aromatic heterocycles. The number of halogens is 1. The van der Waals surface area contributed by atoms with E-state index in [1.54, 1.807) is 0 Å². The third kappa shape index (κ3) is 6.13. The van der Waals surface area contributed by atoms with Crippen molar-refractivity contribution in [1.29, 1.82) is 0 Å². The number of rotatable bonds is 7. The molecule has 0 heterocycles. The van der Waals surface area contributed by atoms with Gasteiger partial charge in [-0.05, 0) is 18.2 Å². The highest BCUT2D eigenvalue weighted by Crippen LogP contribution is 2.22. The summed E-state index contributed by atoms with van der Waals surface area (Å²) in [4.78, 5) is 33.1. The first-order valence-corrected chi connectivity index (χ1v) is 6.44. The molecule has 7 nitrogen and oxygen atoms in total. The van der Waals surface area contributed by atoms with Crippen LogP contribution < -0.4 is 15.4 Å². The van der Waals surface area contributed by atoms with Crippen LogP contribution in [0.1, 0.15) is 17.3 Å². The van der Waals surface area contributed by atoms with Crippen molar-refractivity contribution in [3.05, 3.63) is 28.8 Å². The van der Waals surface area contributed by atoms with Gasteiger partial charge in [0.15, 0.2) is 6.61 Å². The molecular formula is C13H15ClN2O5. The van der Waals surface area contributed by atoms with Gasteiger partial charge in [0, 0.05) is 25.0 Å². The second-order valence-electron chi connectivity index (χ2n) is 4.07.